The summed E-state index contributed by atoms with van der Waals surface area (Å²) < 4.78 is 0. The van der Waals surface area contributed by atoms with Gasteiger partial charge in [-0.3, -0.25) is 9.89 Å². The summed E-state index contributed by atoms with van der Waals surface area (Å²) in [6, 6.07) is 23.0. The van der Waals surface area contributed by atoms with Gasteiger partial charge < -0.3 is 16.8 Å². The molecule has 1 unspecified atom stereocenters. The number of aromatic nitrogens is 2. The van der Waals surface area contributed by atoms with Gasteiger partial charge in [0.2, 0.25) is 5.91 Å². The Morgan fingerprint density at radius 1 is 1.03 bits per heavy atom. The second-order valence-corrected chi connectivity index (χ2v) is 10.2. The van der Waals surface area contributed by atoms with Crippen LogP contribution in [0.1, 0.15) is 48.4 Å². The fraction of sp³-hybridized carbons (Fsp3) is 0.333. The Labute approximate surface area is 212 Å². The highest BCUT2D eigenvalue weighted by Crippen LogP contribution is 2.32. The second kappa shape index (κ2) is 10.5. The smallest absolute Gasteiger partial charge is 0.223 e. The van der Waals surface area contributed by atoms with Gasteiger partial charge in [0.1, 0.15) is 0 Å². The van der Waals surface area contributed by atoms with Gasteiger partial charge in [0, 0.05) is 11.3 Å². The lowest BCUT2D eigenvalue weighted by Gasteiger charge is -2.29. The predicted octanol–water partition coefficient (Wildman–Crippen LogP) is 5.29. The van der Waals surface area contributed by atoms with Crippen molar-refractivity contribution < 1.29 is 4.79 Å². The molecule has 6 N–H and O–H groups in total. The van der Waals surface area contributed by atoms with Crippen molar-refractivity contribution in [3.05, 3.63) is 83.4 Å². The number of nitrogen functional groups attached to an aromatic ring is 1. The van der Waals surface area contributed by atoms with E-state index in [1.807, 2.05) is 12.1 Å². The number of nitrogens with zero attached hydrogens (tertiary/aromatic N) is 1. The molecule has 5 rings (SSSR count). The van der Waals surface area contributed by atoms with Crippen LogP contribution in [0.5, 0.6) is 0 Å². The summed E-state index contributed by atoms with van der Waals surface area (Å²) in [5.74, 6) is 1.27. The van der Waals surface area contributed by atoms with Crippen molar-refractivity contribution >= 4 is 22.6 Å². The molecule has 1 saturated carbocycles. The van der Waals surface area contributed by atoms with Crippen LogP contribution in [-0.2, 0) is 11.2 Å². The Bertz CT molecular complexity index is 1340. The number of amides is 1. The van der Waals surface area contributed by atoms with Gasteiger partial charge in [-0.25, -0.2) is 0 Å². The van der Waals surface area contributed by atoms with Gasteiger partial charge in [0.05, 0.1) is 11.6 Å². The van der Waals surface area contributed by atoms with Gasteiger partial charge >= 0.3 is 0 Å². The molecule has 6 heteroatoms. The third kappa shape index (κ3) is 5.29. The van der Waals surface area contributed by atoms with Crippen LogP contribution in [0, 0.1) is 18.8 Å². The number of carbonyl (C=O) groups excluding carboxylic acids is 1. The van der Waals surface area contributed by atoms with Crippen LogP contribution >= 0.6 is 0 Å². The monoisotopic (exact) mass is 481 g/mol. The number of fused-ring (bicyclic) bond motifs is 1. The van der Waals surface area contributed by atoms with E-state index in [4.69, 9.17) is 11.5 Å². The topological polar surface area (TPSA) is 110 Å². The zero-order valence-electron chi connectivity index (χ0n) is 20.8. The summed E-state index contributed by atoms with van der Waals surface area (Å²) in [6.07, 6.45) is 4.64. The molecule has 1 aromatic heterocycles. The van der Waals surface area contributed by atoms with Crippen molar-refractivity contribution in [3.63, 3.8) is 0 Å². The number of H-pyrrole nitrogens is 1. The molecule has 1 amide bonds. The summed E-state index contributed by atoms with van der Waals surface area (Å²) in [5, 5.41) is 11.5. The van der Waals surface area contributed by atoms with E-state index in [1.165, 1.54) is 5.56 Å². The maximum atomic E-state index is 13.4. The fourth-order valence-corrected chi connectivity index (χ4v) is 5.45. The SMILES string of the molecule is Cc1cc(-c2ccc3c(N)n[nH]c3c2)cc(C(Cc2ccccc2)NC(=O)[C@H]2CC[C@H](CN)CC2)c1. The number of carbonyl (C=O) groups is 1. The minimum Gasteiger partial charge on any atom is -0.382 e. The first-order valence-electron chi connectivity index (χ1n) is 12.9. The Kier molecular flexibility index (Phi) is 7.05. The maximum Gasteiger partial charge on any atom is 0.223 e. The number of nitrogens with two attached hydrogens (primary N) is 2. The lowest BCUT2D eigenvalue weighted by Crippen LogP contribution is -2.37. The molecule has 1 fully saturated rings. The van der Waals surface area contributed by atoms with Crippen LogP contribution in [0.15, 0.2) is 66.7 Å². The number of anilines is 1. The van der Waals surface area contributed by atoms with Gasteiger partial charge in [0.25, 0.3) is 0 Å². The number of nitrogens with one attached hydrogen (secondary N) is 2. The second-order valence-electron chi connectivity index (χ2n) is 10.2. The molecule has 4 aromatic rings. The summed E-state index contributed by atoms with van der Waals surface area (Å²) >= 11 is 0. The fourth-order valence-electron chi connectivity index (χ4n) is 5.45. The van der Waals surface area contributed by atoms with Gasteiger partial charge in [0.15, 0.2) is 5.82 Å². The number of aryl methyl sites for hydroxylation is 1. The zero-order chi connectivity index (χ0) is 25.1. The van der Waals surface area contributed by atoms with Gasteiger partial charge in [-0.1, -0.05) is 54.1 Å². The molecule has 36 heavy (non-hydrogen) atoms. The van der Waals surface area contributed by atoms with Crippen LogP contribution in [0.3, 0.4) is 0 Å². The van der Waals surface area contributed by atoms with E-state index in [9.17, 15) is 4.79 Å². The van der Waals surface area contributed by atoms with E-state index in [2.05, 4.69) is 77.0 Å². The standard InChI is InChI=1S/C30H35N5O/c1-19-13-24(23-11-12-26-28(17-23)34-35-29(26)32)16-25(14-19)27(15-20-5-3-2-4-6-20)33-30(36)22-9-7-21(18-31)8-10-22/h2-6,11-14,16-17,21-22,27H,7-10,15,18,31H2,1H3,(H,33,36)(H3,32,34,35)/t21-,22-,27?. The molecule has 0 spiro atoms. The normalized spacial score (nSPS) is 18.7. The van der Waals surface area contributed by atoms with Crippen molar-refractivity contribution in [1.29, 1.82) is 0 Å². The lowest BCUT2D eigenvalue weighted by molar-refractivity contribution is -0.127. The molecule has 3 aromatic carbocycles. The van der Waals surface area contributed by atoms with Crippen LogP contribution in [-0.4, -0.2) is 22.6 Å². The number of benzene rings is 3. The third-order valence-electron chi connectivity index (χ3n) is 7.58. The molecule has 0 bridgehead atoms. The summed E-state index contributed by atoms with van der Waals surface area (Å²) in [6.45, 7) is 2.82. The van der Waals surface area contributed by atoms with Gasteiger partial charge in [-0.15, -0.1) is 0 Å². The summed E-state index contributed by atoms with van der Waals surface area (Å²) in [7, 11) is 0. The van der Waals surface area contributed by atoms with Gasteiger partial charge in [-0.05, 0) is 91.9 Å². The number of hydrogen-bond donors (Lipinski definition) is 4. The highest BCUT2D eigenvalue weighted by atomic mass is 16.1. The van der Waals surface area contributed by atoms with E-state index < -0.39 is 0 Å². The van der Waals surface area contributed by atoms with Crippen molar-refractivity contribution in [3.8, 4) is 11.1 Å². The van der Waals surface area contributed by atoms with E-state index in [0.717, 1.165) is 65.3 Å². The highest BCUT2D eigenvalue weighted by Gasteiger charge is 2.27. The maximum absolute atomic E-state index is 13.4. The average molecular weight is 482 g/mol. The summed E-state index contributed by atoms with van der Waals surface area (Å²) in [4.78, 5) is 13.4. The molecule has 0 radical (unpaired) electrons. The third-order valence-corrected chi connectivity index (χ3v) is 7.58. The van der Waals surface area contributed by atoms with Crippen LogP contribution < -0.4 is 16.8 Å². The van der Waals surface area contributed by atoms with Crippen molar-refractivity contribution in [2.24, 2.45) is 17.6 Å². The Morgan fingerprint density at radius 2 is 1.81 bits per heavy atom. The highest BCUT2D eigenvalue weighted by molar-refractivity contribution is 5.91. The van der Waals surface area contributed by atoms with Crippen LogP contribution in [0.4, 0.5) is 5.82 Å². The quantitative estimate of drug-likeness (QED) is 0.288. The van der Waals surface area contributed by atoms with E-state index in [1.54, 1.807) is 0 Å². The Hall–Kier alpha value is -3.64. The minimum atomic E-state index is -0.114. The first-order chi connectivity index (χ1) is 17.5. The minimum absolute atomic E-state index is 0.0589. The molecule has 1 aliphatic carbocycles. The largest absolute Gasteiger partial charge is 0.382 e. The first-order valence-corrected chi connectivity index (χ1v) is 12.9. The van der Waals surface area contributed by atoms with Crippen LogP contribution in [0.2, 0.25) is 0 Å². The molecule has 6 nitrogen and oxygen atoms in total. The van der Waals surface area contributed by atoms with E-state index in [0.29, 0.717) is 18.3 Å². The number of aromatic amines is 1. The summed E-state index contributed by atoms with van der Waals surface area (Å²) in [5.41, 5.74) is 18.4. The van der Waals surface area contributed by atoms with Crippen molar-refractivity contribution in [2.75, 3.05) is 12.3 Å². The van der Waals surface area contributed by atoms with Crippen LogP contribution in [0.25, 0.3) is 22.0 Å². The van der Waals surface area contributed by atoms with Gasteiger partial charge in [-0.2, -0.15) is 5.10 Å². The predicted molar refractivity (Wildman–Crippen MR) is 146 cm³/mol. The molecule has 0 aliphatic heterocycles. The molecule has 186 valence electrons. The molecule has 1 atom stereocenters. The van der Waals surface area contributed by atoms with Crippen molar-refractivity contribution in [2.45, 2.75) is 45.1 Å². The average Bonchev–Trinajstić information content (AvgIpc) is 3.28. The molecule has 0 saturated heterocycles. The lowest BCUT2D eigenvalue weighted by atomic mass is 9.81. The zero-order valence-corrected chi connectivity index (χ0v) is 20.8. The molecular formula is C30H35N5O. The molecule has 1 aliphatic rings. The van der Waals surface area contributed by atoms with Crippen molar-refractivity contribution in [1.82, 2.24) is 15.5 Å². The Balaban J connectivity index is 1.45. The van der Waals surface area contributed by atoms with E-state index >= 15 is 0 Å². The Morgan fingerprint density at radius 3 is 2.56 bits per heavy atom. The number of hydrogen-bond acceptors (Lipinski definition) is 4. The molecule has 1 heterocycles. The first kappa shape index (κ1) is 24.1. The number of rotatable bonds is 7. The molecular weight excluding hydrogens is 446 g/mol. The van der Waals surface area contributed by atoms with E-state index in [-0.39, 0.29) is 17.9 Å².